The smallest absolute Gasteiger partial charge is 0.328 e. The van der Waals surface area contributed by atoms with Gasteiger partial charge in [0.2, 0.25) is 0 Å². The summed E-state index contributed by atoms with van der Waals surface area (Å²) in [7, 11) is 1.77. The van der Waals surface area contributed by atoms with E-state index in [1.54, 1.807) is 24.5 Å². The molecule has 110 valence electrons. The molecule has 0 saturated carbocycles. The van der Waals surface area contributed by atoms with Gasteiger partial charge in [-0.2, -0.15) is 0 Å². The molecule has 0 bridgehead atoms. The van der Waals surface area contributed by atoms with Gasteiger partial charge >= 0.3 is 5.97 Å². The molecule has 1 saturated heterocycles. The van der Waals surface area contributed by atoms with Gasteiger partial charge in [0.15, 0.2) is 0 Å². The molecule has 1 atom stereocenters. The molecular weight excluding hydrogens is 274 g/mol. The first-order valence-corrected chi connectivity index (χ1v) is 7.65. The van der Waals surface area contributed by atoms with Crippen LogP contribution in [0, 0.1) is 0 Å². The van der Waals surface area contributed by atoms with Crippen molar-refractivity contribution < 1.29 is 14.6 Å². The fraction of sp³-hybridized carbons (Fsp3) is 0.533. The van der Waals surface area contributed by atoms with Crippen LogP contribution in [0.25, 0.3) is 6.08 Å². The summed E-state index contributed by atoms with van der Waals surface area (Å²) < 4.78 is 5.61. The highest BCUT2D eigenvalue weighted by Crippen LogP contribution is 2.27. The monoisotopic (exact) mass is 295 g/mol. The van der Waals surface area contributed by atoms with E-state index in [4.69, 9.17) is 9.84 Å². The van der Waals surface area contributed by atoms with E-state index in [-0.39, 0.29) is 5.60 Å². The molecule has 2 heterocycles. The van der Waals surface area contributed by atoms with Crippen LogP contribution in [-0.4, -0.2) is 41.8 Å². The van der Waals surface area contributed by atoms with Crippen molar-refractivity contribution in [1.82, 2.24) is 4.90 Å². The Bertz CT molecular complexity index is 497. The van der Waals surface area contributed by atoms with Crippen molar-refractivity contribution in [2.45, 2.75) is 31.9 Å². The molecule has 1 aliphatic heterocycles. The lowest BCUT2D eigenvalue weighted by atomic mass is 9.94. The van der Waals surface area contributed by atoms with Gasteiger partial charge in [-0.15, -0.1) is 11.3 Å². The summed E-state index contributed by atoms with van der Waals surface area (Å²) in [5.41, 5.74) is 0.939. The lowest BCUT2D eigenvalue weighted by Crippen LogP contribution is -2.46. The third-order valence-electron chi connectivity index (χ3n) is 3.78. The zero-order valence-electron chi connectivity index (χ0n) is 12.0. The number of rotatable bonds is 5. The van der Waals surface area contributed by atoms with Crippen molar-refractivity contribution >= 4 is 23.4 Å². The number of carbonyl (C=O) groups is 1. The predicted molar refractivity (Wildman–Crippen MR) is 80.9 cm³/mol. The molecule has 1 unspecified atom stereocenters. The van der Waals surface area contributed by atoms with E-state index in [0.29, 0.717) is 0 Å². The van der Waals surface area contributed by atoms with E-state index in [0.717, 1.165) is 38.0 Å². The average Bonchev–Trinajstić information content (AvgIpc) is 2.84. The molecular formula is C15H21NO3S. The molecule has 0 aliphatic carbocycles. The molecule has 0 spiro atoms. The molecule has 20 heavy (non-hydrogen) atoms. The van der Waals surface area contributed by atoms with Crippen LogP contribution in [0.15, 0.2) is 17.5 Å². The van der Waals surface area contributed by atoms with Crippen LogP contribution in [0.4, 0.5) is 0 Å². The van der Waals surface area contributed by atoms with Crippen molar-refractivity contribution in [3.8, 4) is 0 Å². The normalized spacial score (nSPS) is 24.3. The van der Waals surface area contributed by atoms with Crippen LogP contribution in [0.5, 0.6) is 0 Å². The van der Waals surface area contributed by atoms with Crippen molar-refractivity contribution in [1.29, 1.82) is 0 Å². The lowest BCUT2D eigenvalue weighted by molar-refractivity contribution is -0.131. The third-order valence-corrected chi connectivity index (χ3v) is 4.70. The molecule has 5 heteroatoms. The minimum atomic E-state index is -0.910. The topological polar surface area (TPSA) is 49.8 Å². The fourth-order valence-electron chi connectivity index (χ4n) is 2.60. The van der Waals surface area contributed by atoms with Gasteiger partial charge in [0, 0.05) is 31.2 Å². The minimum Gasteiger partial charge on any atom is -0.478 e. The maximum absolute atomic E-state index is 10.6. The lowest BCUT2D eigenvalue weighted by Gasteiger charge is -2.39. The molecule has 1 N–H and O–H groups in total. The fourth-order valence-corrected chi connectivity index (χ4v) is 3.51. The summed E-state index contributed by atoms with van der Waals surface area (Å²) in [6.07, 6.45) is 5.10. The summed E-state index contributed by atoms with van der Waals surface area (Å²) in [4.78, 5) is 14.2. The van der Waals surface area contributed by atoms with Gasteiger partial charge < -0.3 is 9.84 Å². The molecule has 0 aromatic carbocycles. The summed E-state index contributed by atoms with van der Waals surface area (Å²) >= 11 is 1.68. The van der Waals surface area contributed by atoms with E-state index in [2.05, 4.69) is 11.8 Å². The summed E-state index contributed by atoms with van der Waals surface area (Å²) in [5.74, 6) is -0.910. The van der Waals surface area contributed by atoms with Crippen LogP contribution < -0.4 is 0 Å². The Morgan fingerprint density at radius 1 is 1.65 bits per heavy atom. The zero-order valence-corrected chi connectivity index (χ0v) is 12.8. The number of likely N-dealkylation sites (tertiary alicyclic amines) is 1. The molecule has 1 aliphatic rings. The van der Waals surface area contributed by atoms with E-state index in [9.17, 15) is 4.79 Å². The maximum Gasteiger partial charge on any atom is 0.328 e. The quantitative estimate of drug-likeness (QED) is 0.849. The van der Waals surface area contributed by atoms with Crippen molar-refractivity contribution in [2.24, 2.45) is 0 Å². The van der Waals surface area contributed by atoms with Crippen molar-refractivity contribution in [3.63, 3.8) is 0 Å². The van der Waals surface area contributed by atoms with E-state index >= 15 is 0 Å². The molecule has 2 rings (SSSR count). The Hall–Kier alpha value is -1.17. The number of thiophene rings is 1. The van der Waals surface area contributed by atoms with Crippen LogP contribution in [0.2, 0.25) is 0 Å². The van der Waals surface area contributed by atoms with Crippen molar-refractivity contribution in [2.75, 3.05) is 20.2 Å². The highest BCUT2D eigenvalue weighted by Gasteiger charge is 2.30. The number of methoxy groups -OCH3 is 1. The summed E-state index contributed by atoms with van der Waals surface area (Å²) in [5, 5.41) is 10.7. The van der Waals surface area contributed by atoms with E-state index in [1.807, 2.05) is 11.4 Å². The van der Waals surface area contributed by atoms with Gasteiger partial charge in [0.1, 0.15) is 0 Å². The van der Waals surface area contributed by atoms with Gasteiger partial charge in [0.25, 0.3) is 0 Å². The number of piperidine rings is 1. The largest absolute Gasteiger partial charge is 0.478 e. The second-order valence-corrected chi connectivity index (χ2v) is 6.44. The Kier molecular flexibility index (Phi) is 4.96. The van der Waals surface area contributed by atoms with Crippen LogP contribution in [-0.2, 0) is 16.1 Å². The first-order valence-electron chi connectivity index (χ1n) is 6.77. The number of aliphatic carboxylic acids is 1. The standard InChI is InChI=1S/C15H21NO3S/c1-15(19-2)7-3-8-16(11-15)10-13-12(6-9-20-13)4-5-14(17)18/h4-6,9H,3,7-8,10-11H2,1-2H3,(H,17,18)/b5-4+. The number of hydrogen-bond acceptors (Lipinski definition) is 4. The Morgan fingerprint density at radius 2 is 2.45 bits per heavy atom. The molecule has 1 aromatic heterocycles. The van der Waals surface area contributed by atoms with Gasteiger partial charge in [-0.05, 0) is 49.4 Å². The third kappa shape index (κ3) is 3.91. The number of ether oxygens (including phenoxy) is 1. The Balaban J connectivity index is 2.03. The molecule has 0 radical (unpaired) electrons. The first kappa shape index (κ1) is 15.2. The number of carboxylic acids is 1. The molecule has 1 fully saturated rings. The minimum absolute atomic E-state index is 0.0629. The first-order chi connectivity index (χ1) is 9.52. The number of nitrogens with zero attached hydrogens (tertiary/aromatic N) is 1. The highest BCUT2D eigenvalue weighted by molar-refractivity contribution is 7.10. The summed E-state index contributed by atoms with van der Waals surface area (Å²) in [6, 6.07) is 1.97. The maximum atomic E-state index is 10.6. The molecule has 4 nitrogen and oxygen atoms in total. The van der Waals surface area contributed by atoms with Gasteiger partial charge in [-0.3, -0.25) is 4.90 Å². The number of carboxylic acid groups (broad SMARTS) is 1. The van der Waals surface area contributed by atoms with Crippen LogP contribution in [0.3, 0.4) is 0 Å². The predicted octanol–water partition coefficient (Wildman–Crippen LogP) is 2.85. The Morgan fingerprint density at radius 3 is 3.15 bits per heavy atom. The van der Waals surface area contributed by atoms with Crippen LogP contribution in [0.1, 0.15) is 30.2 Å². The van der Waals surface area contributed by atoms with Crippen molar-refractivity contribution in [3.05, 3.63) is 28.0 Å². The van der Waals surface area contributed by atoms with Crippen LogP contribution >= 0.6 is 11.3 Å². The highest BCUT2D eigenvalue weighted by atomic mass is 32.1. The Labute approximate surface area is 123 Å². The van der Waals surface area contributed by atoms with E-state index < -0.39 is 5.97 Å². The summed E-state index contributed by atoms with van der Waals surface area (Å²) in [6.45, 7) is 5.00. The second-order valence-electron chi connectivity index (χ2n) is 5.44. The van der Waals surface area contributed by atoms with Gasteiger partial charge in [-0.25, -0.2) is 4.79 Å². The average molecular weight is 295 g/mol. The second kappa shape index (κ2) is 6.52. The van der Waals surface area contributed by atoms with E-state index in [1.165, 1.54) is 11.0 Å². The molecule has 1 aromatic rings. The van der Waals surface area contributed by atoms with Gasteiger partial charge in [-0.1, -0.05) is 0 Å². The molecule has 0 amide bonds. The SMILES string of the molecule is COC1(C)CCCN(Cc2sccc2/C=C/C(=O)O)C1. The number of hydrogen-bond donors (Lipinski definition) is 1. The zero-order chi connectivity index (χ0) is 14.6. The van der Waals surface area contributed by atoms with Gasteiger partial charge in [0.05, 0.1) is 5.60 Å².